The van der Waals surface area contributed by atoms with E-state index < -0.39 is 0 Å². The molecule has 1 aromatic heterocycles. The van der Waals surface area contributed by atoms with Gasteiger partial charge < -0.3 is 0 Å². The lowest BCUT2D eigenvalue weighted by atomic mass is 10.1. The Morgan fingerprint density at radius 2 is 2.29 bits per heavy atom. The molecule has 0 fully saturated rings. The summed E-state index contributed by atoms with van der Waals surface area (Å²) in [7, 11) is 1.72. The minimum atomic E-state index is -0.382. The van der Waals surface area contributed by atoms with Gasteiger partial charge in [-0.25, -0.2) is 9.37 Å². The first kappa shape index (κ1) is 11.9. The minimum Gasteiger partial charge on any atom is -0.294 e. The second kappa shape index (κ2) is 4.75. The van der Waals surface area contributed by atoms with Crippen LogP contribution in [-0.2, 0) is 13.5 Å². The lowest BCUT2D eigenvalue weighted by Crippen LogP contribution is -2.09. The maximum absolute atomic E-state index is 12.9. The number of ketones is 1. The van der Waals surface area contributed by atoms with Gasteiger partial charge in [0.15, 0.2) is 5.78 Å². The van der Waals surface area contributed by atoms with Crippen molar-refractivity contribution in [2.24, 2.45) is 7.05 Å². The Kier molecular flexibility index (Phi) is 3.33. The monoisotopic (exact) mass is 297 g/mol. The van der Waals surface area contributed by atoms with Crippen LogP contribution in [0, 0.1) is 5.82 Å². The number of carbonyl (C=O) groups excluding carboxylic acids is 1. The zero-order valence-corrected chi connectivity index (χ0v) is 10.6. The third-order valence-corrected chi connectivity index (χ3v) is 3.01. The smallest absolute Gasteiger partial charge is 0.171 e. The van der Waals surface area contributed by atoms with Crippen molar-refractivity contribution in [2.45, 2.75) is 6.42 Å². The fourth-order valence-corrected chi connectivity index (χ4v) is 2.01. The highest BCUT2D eigenvalue weighted by atomic mass is 79.9. The summed E-state index contributed by atoms with van der Waals surface area (Å²) < 4.78 is 14.9. The number of hydrogen-bond acceptors (Lipinski definition) is 3. The molecule has 0 unspecified atom stereocenters. The molecular formula is C11H9BrFN3O. The fraction of sp³-hybridized carbons (Fsp3) is 0.182. The predicted molar refractivity (Wildman–Crippen MR) is 63.1 cm³/mol. The Morgan fingerprint density at radius 3 is 2.88 bits per heavy atom. The van der Waals surface area contributed by atoms with Gasteiger partial charge in [-0.1, -0.05) is 0 Å². The van der Waals surface area contributed by atoms with Crippen LogP contribution >= 0.6 is 15.9 Å². The van der Waals surface area contributed by atoms with Crippen molar-refractivity contribution in [1.82, 2.24) is 14.8 Å². The van der Waals surface area contributed by atoms with Gasteiger partial charge in [-0.3, -0.25) is 9.48 Å². The number of nitrogens with zero attached hydrogens (tertiary/aromatic N) is 3. The molecule has 17 heavy (non-hydrogen) atoms. The normalized spacial score (nSPS) is 10.5. The first-order valence-corrected chi connectivity index (χ1v) is 5.68. The summed E-state index contributed by atoms with van der Waals surface area (Å²) in [6.45, 7) is 0. The second-order valence-corrected chi connectivity index (χ2v) is 4.38. The zero-order chi connectivity index (χ0) is 12.4. The maximum atomic E-state index is 12.9. The SMILES string of the molecule is Cn1ncnc1CC(=O)c1ccc(F)cc1Br. The highest BCUT2D eigenvalue weighted by Gasteiger charge is 2.14. The first-order valence-electron chi connectivity index (χ1n) is 4.89. The molecule has 6 heteroatoms. The molecule has 0 N–H and O–H groups in total. The van der Waals surface area contributed by atoms with Gasteiger partial charge in [-0.05, 0) is 34.1 Å². The van der Waals surface area contributed by atoms with Crippen LogP contribution in [0.1, 0.15) is 16.2 Å². The Balaban J connectivity index is 2.23. The number of aromatic nitrogens is 3. The van der Waals surface area contributed by atoms with E-state index in [1.54, 1.807) is 7.05 Å². The largest absolute Gasteiger partial charge is 0.294 e. The summed E-state index contributed by atoms with van der Waals surface area (Å²) in [4.78, 5) is 15.9. The van der Waals surface area contributed by atoms with Crippen molar-refractivity contribution in [3.8, 4) is 0 Å². The van der Waals surface area contributed by atoms with Crippen LogP contribution in [0.15, 0.2) is 29.0 Å². The third kappa shape index (κ3) is 2.58. The van der Waals surface area contributed by atoms with E-state index in [4.69, 9.17) is 0 Å². The van der Waals surface area contributed by atoms with Gasteiger partial charge in [-0.2, -0.15) is 5.10 Å². The average molecular weight is 298 g/mol. The summed E-state index contributed by atoms with van der Waals surface area (Å²) in [5.74, 6) is 0.0614. The Labute approximate surface area is 106 Å². The van der Waals surface area contributed by atoms with Crippen LogP contribution in [0.3, 0.4) is 0 Å². The molecular weight excluding hydrogens is 289 g/mol. The van der Waals surface area contributed by atoms with Crippen LogP contribution in [0.4, 0.5) is 4.39 Å². The summed E-state index contributed by atoms with van der Waals surface area (Å²) in [6, 6.07) is 3.98. The quantitative estimate of drug-likeness (QED) is 0.816. The van der Waals surface area contributed by atoms with E-state index in [2.05, 4.69) is 26.0 Å². The van der Waals surface area contributed by atoms with E-state index in [1.165, 1.54) is 29.2 Å². The molecule has 0 amide bonds. The van der Waals surface area contributed by atoms with Crippen LogP contribution in [0.2, 0.25) is 0 Å². The zero-order valence-electron chi connectivity index (χ0n) is 9.02. The third-order valence-electron chi connectivity index (χ3n) is 2.36. The molecule has 88 valence electrons. The average Bonchev–Trinajstić information content (AvgIpc) is 2.64. The van der Waals surface area contributed by atoms with Crippen LogP contribution in [0.5, 0.6) is 0 Å². The number of Topliss-reactive ketones (excluding diaryl/α,β-unsaturated/α-hetero) is 1. The lowest BCUT2D eigenvalue weighted by Gasteiger charge is -2.03. The van der Waals surface area contributed by atoms with Crippen LogP contribution < -0.4 is 0 Å². The van der Waals surface area contributed by atoms with Crippen molar-refractivity contribution >= 4 is 21.7 Å². The van der Waals surface area contributed by atoms with E-state index in [-0.39, 0.29) is 18.0 Å². The van der Waals surface area contributed by atoms with E-state index >= 15 is 0 Å². The van der Waals surface area contributed by atoms with Gasteiger partial charge in [0, 0.05) is 17.1 Å². The van der Waals surface area contributed by atoms with Gasteiger partial charge in [0.2, 0.25) is 0 Å². The fourth-order valence-electron chi connectivity index (χ4n) is 1.43. The van der Waals surface area contributed by atoms with Gasteiger partial charge in [0.1, 0.15) is 18.0 Å². The molecule has 1 aromatic carbocycles. The van der Waals surface area contributed by atoms with Gasteiger partial charge in [0.05, 0.1) is 6.42 Å². The highest BCUT2D eigenvalue weighted by Crippen LogP contribution is 2.19. The standard InChI is InChI=1S/C11H9BrFN3O/c1-16-11(14-6-15-16)5-10(17)8-3-2-7(13)4-9(8)12/h2-4,6H,5H2,1H3. The molecule has 0 bridgehead atoms. The molecule has 0 radical (unpaired) electrons. The Morgan fingerprint density at radius 1 is 1.53 bits per heavy atom. The summed E-state index contributed by atoms with van der Waals surface area (Å²) in [5.41, 5.74) is 0.439. The van der Waals surface area contributed by atoms with Gasteiger partial charge in [-0.15, -0.1) is 0 Å². The topological polar surface area (TPSA) is 47.8 Å². The van der Waals surface area contributed by atoms with E-state index in [1.807, 2.05) is 0 Å². The molecule has 2 aromatic rings. The maximum Gasteiger partial charge on any atom is 0.171 e. The van der Waals surface area contributed by atoms with E-state index in [0.29, 0.717) is 15.9 Å². The molecule has 0 aliphatic heterocycles. The van der Waals surface area contributed by atoms with Crippen molar-refractivity contribution < 1.29 is 9.18 Å². The number of benzene rings is 1. The number of carbonyl (C=O) groups is 1. The molecule has 0 saturated heterocycles. The number of halogens is 2. The molecule has 2 rings (SSSR count). The summed E-state index contributed by atoms with van der Waals surface area (Å²) >= 11 is 3.17. The molecule has 0 aliphatic carbocycles. The van der Waals surface area contributed by atoms with Crippen LogP contribution in [-0.4, -0.2) is 20.5 Å². The number of aryl methyl sites for hydroxylation is 1. The van der Waals surface area contributed by atoms with Crippen molar-refractivity contribution in [1.29, 1.82) is 0 Å². The van der Waals surface area contributed by atoms with Crippen molar-refractivity contribution in [3.63, 3.8) is 0 Å². The van der Waals surface area contributed by atoms with E-state index in [9.17, 15) is 9.18 Å². The molecule has 4 nitrogen and oxygen atoms in total. The van der Waals surface area contributed by atoms with Crippen molar-refractivity contribution in [3.05, 3.63) is 46.2 Å². The van der Waals surface area contributed by atoms with Gasteiger partial charge in [0.25, 0.3) is 0 Å². The second-order valence-electron chi connectivity index (χ2n) is 3.52. The van der Waals surface area contributed by atoms with Crippen molar-refractivity contribution in [2.75, 3.05) is 0 Å². The molecule has 0 saturated carbocycles. The predicted octanol–water partition coefficient (Wildman–Crippen LogP) is 2.14. The summed E-state index contributed by atoms with van der Waals surface area (Å²) in [5, 5.41) is 3.88. The number of rotatable bonds is 3. The van der Waals surface area contributed by atoms with Gasteiger partial charge >= 0.3 is 0 Å². The molecule has 0 spiro atoms. The molecule has 0 aliphatic rings. The highest BCUT2D eigenvalue weighted by molar-refractivity contribution is 9.10. The Bertz CT molecular complexity index is 568. The van der Waals surface area contributed by atoms with E-state index in [0.717, 1.165) is 0 Å². The summed E-state index contributed by atoms with van der Waals surface area (Å²) in [6.07, 6.45) is 1.53. The molecule has 1 heterocycles. The lowest BCUT2D eigenvalue weighted by molar-refractivity contribution is 0.0989. The molecule has 0 atom stereocenters. The first-order chi connectivity index (χ1) is 8.08. The minimum absolute atomic E-state index is 0.132. The Hall–Kier alpha value is -1.56. The number of hydrogen-bond donors (Lipinski definition) is 0. The van der Waals surface area contributed by atoms with Crippen LogP contribution in [0.25, 0.3) is 0 Å².